The standard InChI is InChI=1S/C12H19NO3/c1-8-7-11(10(3)16-8)9(2)13-6-4-5-12(14)15/h7,9,13H,4-6H2,1-3H3,(H,14,15). The van der Waals surface area contributed by atoms with Crippen LogP contribution >= 0.6 is 0 Å². The Kier molecular flexibility index (Phi) is 4.55. The van der Waals surface area contributed by atoms with Crippen molar-refractivity contribution >= 4 is 5.97 Å². The van der Waals surface area contributed by atoms with Crippen LogP contribution in [-0.4, -0.2) is 17.6 Å². The lowest BCUT2D eigenvalue weighted by molar-refractivity contribution is -0.137. The van der Waals surface area contributed by atoms with E-state index in [2.05, 4.69) is 12.2 Å². The van der Waals surface area contributed by atoms with Crippen LogP contribution in [0.1, 0.15) is 42.9 Å². The molecule has 0 radical (unpaired) electrons. The number of hydrogen-bond acceptors (Lipinski definition) is 3. The molecule has 0 spiro atoms. The fraction of sp³-hybridized carbons (Fsp3) is 0.583. The van der Waals surface area contributed by atoms with Gasteiger partial charge in [0.1, 0.15) is 11.5 Å². The molecule has 1 atom stereocenters. The molecule has 0 fully saturated rings. The van der Waals surface area contributed by atoms with Crippen LogP contribution < -0.4 is 5.32 Å². The Hall–Kier alpha value is -1.29. The molecule has 1 heterocycles. The number of furan rings is 1. The summed E-state index contributed by atoms with van der Waals surface area (Å²) in [5.41, 5.74) is 1.15. The van der Waals surface area contributed by atoms with Crippen LogP contribution in [0.5, 0.6) is 0 Å². The number of nitrogens with one attached hydrogen (secondary N) is 1. The molecule has 4 heteroatoms. The molecule has 90 valence electrons. The highest BCUT2D eigenvalue weighted by Crippen LogP contribution is 2.20. The number of carbonyl (C=O) groups is 1. The van der Waals surface area contributed by atoms with E-state index in [-0.39, 0.29) is 12.5 Å². The summed E-state index contributed by atoms with van der Waals surface area (Å²) < 4.78 is 5.45. The molecule has 0 amide bonds. The molecule has 1 unspecified atom stereocenters. The Bertz CT molecular complexity index is 357. The Morgan fingerprint density at radius 1 is 1.56 bits per heavy atom. The van der Waals surface area contributed by atoms with E-state index in [0.29, 0.717) is 13.0 Å². The van der Waals surface area contributed by atoms with Gasteiger partial charge in [0, 0.05) is 18.0 Å². The maximum atomic E-state index is 10.3. The highest BCUT2D eigenvalue weighted by molar-refractivity contribution is 5.66. The zero-order valence-electron chi connectivity index (χ0n) is 10.0. The third-order valence-electron chi connectivity index (χ3n) is 2.56. The first-order valence-electron chi connectivity index (χ1n) is 5.53. The van der Waals surface area contributed by atoms with Crippen molar-refractivity contribution in [2.75, 3.05) is 6.54 Å². The highest BCUT2D eigenvalue weighted by Gasteiger charge is 2.11. The van der Waals surface area contributed by atoms with Gasteiger partial charge in [-0.3, -0.25) is 4.79 Å². The molecule has 2 N–H and O–H groups in total. The minimum Gasteiger partial charge on any atom is -0.481 e. The Balaban J connectivity index is 2.38. The number of rotatable bonds is 6. The van der Waals surface area contributed by atoms with Crippen molar-refractivity contribution in [1.82, 2.24) is 5.32 Å². The van der Waals surface area contributed by atoms with E-state index < -0.39 is 5.97 Å². The van der Waals surface area contributed by atoms with Crippen LogP contribution in [-0.2, 0) is 4.79 Å². The third kappa shape index (κ3) is 3.70. The SMILES string of the molecule is Cc1cc(C(C)NCCCC(=O)O)c(C)o1. The van der Waals surface area contributed by atoms with Gasteiger partial charge in [-0.1, -0.05) is 0 Å². The van der Waals surface area contributed by atoms with Crippen molar-refractivity contribution in [3.05, 3.63) is 23.2 Å². The average Bonchev–Trinajstić information content (AvgIpc) is 2.52. The van der Waals surface area contributed by atoms with E-state index in [1.165, 1.54) is 0 Å². The quantitative estimate of drug-likeness (QED) is 0.730. The fourth-order valence-electron chi connectivity index (χ4n) is 1.75. The summed E-state index contributed by atoms with van der Waals surface area (Å²) in [4.78, 5) is 10.3. The molecular formula is C12H19NO3. The summed E-state index contributed by atoms with van der Waals surface area (Å²) in [6, 6.07) is 2.22. The first-order chi connectivity index (χ1) is 7.50. The molecule has 0 aliphatic carbocycles. The average molecular weight is 225 g/mol. The Labute approximate surface area is 95.7 Å². The lowest BCUT2D eigenvalue weighted by Crippen LogP contribution is -2.20. The van der Waals surface area contributed by atoms with Crippen molar-refractivity contribution in [1.29, 1.82) is 0 Å². The van der Waals surface area contributed by atoms with Gasteiger partial charge in [0.15, 0.2) is 0 Å². The van der Waals surface area contributed by atoms with E-state index in [0.717, 1.165) is 17.1 Å². The number of carboxylic acids is 1. The normalized spacial score (nSPS) is 12.7. The monoisotopic (exact) mass is 225 g/mol. The number of carboxylic acid groups (broad SMARTS) is 1. The number of hydrogen-bond donors (Lipinski definition) is 2. The lowest BCUT2D eigenvalue weighted by Gasteiger charge is -2.12. The van der Waals surface area contributed by atoms with E-state index in [1.807, 2.05) is 19.9 Å². The third-order valence-corrected chi connectivity index (χ3v) is 2.56. The second kappa shape index (κ2) is 5.70. The lowest BCUT2D eigenvalue weighted by atomic mass is 10.1. The molecule has 1 aromatic rings. The molecule has 1 aromatic heterocycles. The van der Waals surface area contributed by atoms with Gasteiger partial charge in [-0.25, -0.2) is 0 Å². The van der Waals surface area contributed by atoms with Crippen LogP contribution in [0.3, 0.4) is 0 Å². The maximum absolute atomic E-state index is 10.3. The smallest absolute Gasteiger partial charge is 0.303 e. The number of aryl methyl sites for hydroxylation is 2. The maximum Gasteiger partial charge on any atom is 0.303 e. The van der Waals surface area contributed by atoms with Gasteiger partial charge in [-0.05, 0) is 39.8 Å². The first kappa shape index (κ1) is 12.8. The molecule has 0 aromatic carbocycles. The minimum atomic E-state index is -0.746. The molecule has 4 nitrogen and oxygen atoms in total. The topological polar surface area (TPSA) is 62.5 Å². The van der Waals surface area contributed by atoms with Crippen molar-refractivity contribution in [2.24, 2.45) is 0 Å². The van der Waals surface area contributed by atoms with Crippen molar-refractivity contribution in [2.45, 2.75) is 39.7 Å². The number of aliphatic carboxylic acids is 1. The van der Waals surface area contributed by atoms with Gasteiger partial charge in [0.25, 0.3) is 0 Å². The molecule has 16 heavy (non-hydrogen) atoms. The summed E-state index contributed by atoms with van der Waals surface area (Å²) in [5, 5.41) is 11.8. The largest absolute Gasteiger partial charge is 0.481 e. The zero-order valence-corrected chi connectivity index (χ0v) is 10.0. The van der Waals surface area contributed by atoms with Gasteiger partial charge < -0.3 is 14.8 Å². The van der Waals surface area contributed by atoms with Crippen LogP contribution in [0.4, 0.5) is 0 Å². The summed E-state index contributed by atoms with van der Waals surface area (Å²) in [6.45, 7) is 6.63. The van der Waals surface area contributed by atoms with Gasteiger partial charge in [0.05, 0.1) is 0 Å². The summed E-state index contributed by atoms with van der Waals surface area (Å²) in [5.74, 6) is 1.09. The first-order valence-corrected chi connectivity index (χ1v) is 5.53. The molecular weight excluding hydrogens is 206 g/mol. The molecule has 0 aliphatic heterocycles. The van der Waals surface area contributed by atoms with E-state index in [1.54, 1.807) is 0 Å². The molecule has 1 rings (SSSR count). The molecule has 0 saturated carbocycles. The van der Waals surface area contributed by atoms with Gasteiger partial charge >= 0.3 is 5.97 Å². The minimum absolute atomic E-state index is 0.200. The second-order valence-electron chi connectivity index (χ2n) is 4.04. The summed E-state index contributed by atoms with van der Waals surface area (Å²) in [6.07, 6.45) is 0.860. The van der Waals surface area contributed by atoms with Crippen molar-refractivity contribution in [3.63, 3.8) is 0 Å². The summed E-state index contributed by atoms with van der Waals surface area (Å²) in [7, 11) is 0. The van der Waals surface area contributed by atoms with E-state index >= 15 is 0 Å². The van der Waals surface area contributed by atoms with Crippen molar-refractivity contribution < 1.29 is 14.3 Å². The fourth-order valence-corrected chi connectivity index (χ4v) is 1.75. The molecule has 0 saturated heterocycles. The highest BCUT2D eigenvalue weighted by atomic mass is 16.4. The van der Waals surface area contributed by atoms with Crippen LogP contribution in [0, 0.1) is 13.8 Å². The van der Waals surface area contributed by atoms with E-state index in [9.17, 15) is 4.79 Å². The Morgan fingerprint density at radius 3 is 2.75 bits per heavy atom. The summed E-state index contributed by atoms with van der Waals surface area (Å²) >= 11 is 0. The van der Waals surface area contributed by atoms with Crippen LogP contribution in [0.2, 0.25) is 0 Å². The zero-order chi connectivity index (χ0) is 12.1. The van der Waals surface area contributed by atoms with E-state index in [4.69, 9.17) is 9.52 Å². The molecule has 0 bridgehead atoms. The van der Waals surface area contributed by atoms with Crippen LogP contribution in [0.25, 0.3) is 0 Å². The predicted molar refractivity (Wildman–Crippen MR) is 61.5 cm³/mol. The predicted octanol–water partition coefficient (Wildman–Crippen LogP) is 2.41. The van der Waals surface area contributed by atoms with Crippen molar-refractivity contribution in [3.8, 4) is 0 Å². The van der Waals surface area contributed by atoms with Gasteiger partial charge in [-0.2, -0.15) is 0 Å². The van der Waals surface area contributed by atoms with Gasteiger partial charge in [-0.15, -0.1) is 0 Å². The molecule has 0 aliphatic rings. The van der Waals surface area contributed by atoms with Gasteiger partial charge in [0.2, 0.25) is 0 Å². The van der Waals surface area contributed by atoms with Crippen LogP contribution in [0.15, 0.2) is 10.5 Å². The Morgan fingerprint density at radius 2 is 2.25 bits per heavy atom. The second-order valence-corrected chi connectivity index (χ2v) is 4.04.